The molecule has 2 N–H and O–H groups in total. The maximum Gasteiger partial charge on any atom is 0.417 e. The monoisotopic (exact) mass is 780 g/mol. The Morgan fingerprint density at radius 3 is 2.54 bits per heavy atom. The Bertz CT molecular complexity index is 2130. The Balaban J connectivity index is 1.35. The van der Waals surface area contributed by atoms with Gasteiger partial charge < -0.3 is 29.0 Å². The van der Waals surface area contributed by atoms with Crippen LogP contribution < -0.4 is 14.8 Å². The Labute approximate surface area is 309 Å². The van der Waals surface area contributed by atoms with E-state index in [4.69, 9.17) is 18.9 Å². The van der Waals surface area contributed by atoms with E-state index in [1.807, 2.05) is 0 Å². The molecule has 2 aromatic heterocycles. The van der Waals surface area contributed by atoms with Gasteiger partial charge in [0.15, 0.2) is 10.9 Å². The second-order valence-corrected chi connectivity index (χ2v) is 15.6. The van der Waals surface area contributed by atoms with E-state index < -0.39 is 80.7 Å². The van der Waals surface area contributed by atoms with E-state index in [1.165, 1.54) is 0 Å². The fourth-order valence-electron chi connectivity index (χ4n) is 7.42. The van der Waals surface area contributed by atoms with E-state index in [9.17, 15) is 27.9 Å². The minimum atomic E-state index is -5.16. The van der Waals surface area contributed by atoms with Crippen LogP contribution in [0.25, 0.3) is 32.2 Å². The summed E-state index contributed by atoms with van der Waals surface area (Å²) in [7, 11) is 1.63. The molecule has 19 heteroatoms. The predicted molar refractivity (Wildman–Crippen MR) is 186 cm³/mol. The van der Waals surface area contributed by atoms with Gasteiger partial charge in [-0.05, 0) is 64.8 Å². The van der Waals surface area contributed by atoms with Gasteiger partial charge in [-0.15, -0.1) is 0 Å². The van der Waals surface area contributed by atoms with Crippen LogP contribution in [0.3, 0.4) is 0 Å². The van der Waals surface area contributed by atoms with Crippen molar-refractivity contribution >= 4 is 49.8 Å². The van der Waals surface area contributed by atoms with Crippen LogP contribution in [0.15, 0.2) is 18.2 Å². The van der Waals surface area contributed by atoms with Crippen molar-refractivity contribution < 1.29 is 55.6 Å². The Hall–Kier alpha value is -4.62. The molecule has 3 saturated heterocycles. The largest absolute Gasteiger partial charge is 0.472 e. The average Bonchev–Trinajstić information content (AvgIpc) is 3.87. The van der Waals surface area contributed by atoms with Crippen molar-refractivity contribution in [2.45, 2.75) is 76.0 Å². The standard InChI is InChI=1S/C35H37F5N6O7S/c1-33(2,3)53-31(47)44-30-42-26-19(6-7-22(36)27(26)54-30)23-21(35(38,39)40)12-20-25(24(23)37)41-29(43-28(20)52-17-8-11-45(14-17)32(48)49)51-16-34-9-5-10-46(34)15-18(13-34)50-4/h6-7,12,17-18H,5,8-11,13-16H2,1-4H3,(H,48,49)(H,42,44,47)/t17-,18-,34-/m1/s1. The molecule has 3 aliphatic rings. The number of methoxy groups -OCH3 is 1. The number of fused-ring (bicyclic) bond motifs is 3. The van der Waals surface area contributed by atoms with Gasteiger partial charge in [0.05, 0.1) is 39.4 Å². The number of alkyl halides is 3. The van der Waals surface area contributed by atoms with Gasteiger partial charge in [-0.3, -0.25) is 10.2 Å². The maximum absolute atomic E-state index is 17.1. The Morgan fingerprint density at radius 1 is 1.07 bits per heavy atom. The minimum absolute atomic E-state index is 0.0382. The molecule has 0 spiro atoms. The number of nitrogens with one attached hydrogen (secondary N) is 1. The molecule has 2 aromatic carbocycles. The Morgan fingerprint density at radius 2 is 1.85 bits per heavy atom. The van der Waals surface area contributed by atoms with Crippen molar-refractivity contribution in [2.75, 3.05) is 45.2 Å². The SMILES string of the molecule is CO[C@H]1CN2CCC[C@]2(COc2nc(O[C@@H]3CCN(C(=O)O)C3)c3cc(C(F)(F)F)c(-c4ccc(F)c5sc(NC(=O)OC(C)(C)C)nc45)c(F)c3n2)C1. The highest BCUT2D eigenvalue weighted by Gasteiger charge is 2.49. The molecule has 0 saturated carbocycles. The zero-order valence-corrected chi connectivity index (χ0v) is 30.5. The fraction of sp³-hybridized carbons (Fsp3) is 0.514. The summed E-state index contributed by atoms with van der Waals surface area (Å²) in [5, 5.41) is 11.2. The number of carbonyl (C=O) groups is 2. The summed E-state index contributed by atoms with van der Waals surface area (Å²) in [5.41, 5.74) is -5.08. The summed E-state index contributed by atoms with van der Waals surface area (Å²) in [4.78, 5) is 40.1. The lowest BCUT2D eigenvalue weighted by atomic mass is 9.94. The highest BCUT2D eigenvalue weighted by molar-refractivity contribution is 7.22. The number of thiazole rings is 1. The van der Waals surface area contributed by atoms with Crippen molar-refractivity contribution in [3.05, 3.63) is 35.4 Å². The normalized spacial score (nSPS) is 21.9. The highest BCUT2D eigenvalue weighted by atomic mass is 32.1. The van der Waals surface area contributed by atoms with Gasteiger partial charge in [-0.1, -0.05) is 11.3 Å². The van der Waals surface area contributed by atoms with Gasteiger partial charge in [-0.25, -0.2) is 23.4 Å². The lowest BCUT2D eigenvalue weighted by Crippen LogP contribution is -2.43. The van der Waals surface area contributed by atoms with Crippen LogP contribution in [0.2, 0.25) is 0 Å². The van der Waals surface area contributed by atoms with Gasteiger partial charge in [0.1, 0.15) is 29.6 Å². The fourth-order valence-corrected chi connectivity index (χ4v) is 8.30. The third-order valence-electron chi connectivity index (χ3n) is 9.82. The lowest BCUT2D eigenvalue weighted by molar-refractivity contribution is -0.137. The highest BCUT2D eigenvalue weighted by Crippen LogP contribution is 2.47. The van der Waals surface area contributed by atoms with E-state index in [0.717, 1.165) is 36.4 Å². The molecule has 5 heterocycles. The third kappa shape index (κ3) is 7.27. The minimum Gasteiger partial charge on any atom is -0.472 e. The quantitative estimate of drug-likeness (QED) is 0.173. The second kappa shape index (κ2) is 13.9. The summed E-state index contributed by atoms with van der Waals surface area (Å²) < 4.78 is 99.8. The molecule has 0 aliphatic carbocycles. The molecule has 0 unspecified atom stereocenters. The number of likely N-dealkylation sites (tertiary alicyclic amines) is 1. The molecule has 4 aromatic rings. The van der Waals surface area contributed by atoms with Crippen molar-refractivity contribution in [3.8, 4) is 23.0 Å². The van der Waals surface area contributed by atoms with Gasteiger partial charge in [0, 0.05) is 37.7 Å². The number of carbonyl (C=O) groups excluding carboxylic acids is 1. The third-order valence-corrected chi connectivity index (χ3v) is 10.8. The first-order valence-corrected chi connectivity index (χ1v) is 18.0. The zero-order chi connectivity index (χ0) is 38.7. The molecule has 2 amide bonds. The summed E-state index contributed by atoms with van der Waals surface area (Å²) in [6.45, 7) is 6.44. The Kier molecular flexibility index (Phi) is 9.70. The molecule has 13 nitrogen and oxygen atoms in total. The van der Waals surface area contributed by atoms with Gasteiger partial charge in [0.2, 0.25) is 5.88 Å². The van der Waals surface area contributed by atoms with Crippen molar-refractivity contribution in [3.63, 3.8) is 0 Å². The number of hydrogen-bond acceptors (Lipinski definition) is 11. The van der Waals surface area contributed by atoms with Crippen LogP contribution in [0.5, 0.6) is 11.9 Å². The summed E-state index contributed by atoms with van der Waals surface area (Å²) in [5.74, 6) is -2.71. The molecule has 0 radical (unpaired) electrons. The van der Waals surface area contributed by atoms with Crippen LogP contribution in [0, 0.1) is 11.6 Å². The van der Waals surface area contributed by atoms with Gasteiger partial charge in [-0.2, -0.15) is 23.1 Å². The number of amides is 2. The van der Waals surface area contributed by atoms with Crippen molar-refractivity contribution in [2.24, 2.45) is 0 Å². The first-order chi connectivity index (χ1) is 25.4. The van der Waals surface area contributed by atoms with Crippen LogP contribution in [0.1, 0.15) is 52.0 Å². The number of ether oxygens (including phenoxy) is 4. The summed E-state index contributed by atoms with van der Waals surface area (Å²) >= 11 is 0.636. The molecular weight excluding hydrogens is 743 g/mol. The first kappa shape index (κ1) is 37.7. The lowest BCUT2D eigenvalue weighted by Gasteiger charge is -2.31. The maximum atomic E-state index is 17.1. The zero-order valence-electron chi connectivity index (χ0n) is 29.7. The number of nitrogens with zero attached hydrogens (tertiary/aromatic N) is 5. The number of carboxylic acid groups (broad SMARTS) is 1. The van der Waals surface area contributed by atoms with Crippen LogP contribution in [-0.2, 0) is 15.7 Å². The number of hydrogen-bond donors (Lipinski definition) is 2. The number of aromatic nitrogens is 3. The number of rotatable bonds is 8. The van der Waals surface area contributed by atoms with E-state index in [2.05, 4.69) is 25.2 Å². The van der Waals surface area contributed by atoms with Crippen molar-refractivity contribution in [1.29, 1.82) is 0 Å². The summed E-state index contributed by atoms with van der Waals surface area (Å²) in [6, 6.07) is 2.15. The molecule has 3 aliphatic heterocycles. The van der Waals surface area contributed by atoms with E-state index >= 15 is 8.78 Å². The van der Waals surface area contributed by atoms with E-state index in [1.54, 1.807) is 27.9 Å². The van der Waals surface area contributed by atoms with Crippen molar-refractivity contribution in [1.82, 2.24) is 24.8 Å². The van der Waals surface area contributed by atoms with Gasteiger partial charge >= 0.3 is 24.4 Å². The molecule has 54 heavy (non-hydrogen) atoms. The van der Waals surface area contributed by atoms with E-state index in [0.29, 0.717) is 30.4 Å². The molecule has 0 bridgehead atoms. The summed E-state index contributed by atoms with van der Waals surface area (Å²) in [6.07, 6.45) is -5.60. The predicted octanol–water partition coefficient (Wildman–Crippen LogP) is 7.31. The molecule has 290 valence electrons. The smallest absolute Gasteiger partial charge is 0.417 e. The molecular formula is C35H37F5N6O7S. The van der Waals surface area contributed by atoms with Crippen LogP contribution >= 0.6 is 11.3 Å². The topological polar surface area (TPSA) is 148 Å². The second-order valence-electron chi connectivity index (χ2n) is 14.6. The molecule has 3 fully saturated rings. The van der Waals surface area contributed by atoms with Gasteiger partial charge in [0.25, 0.3) is 0 Å². The first-order valence-electron chi connectivity index (χ1n) is 17.2. The van der Waals surface area contributed by atoms with Crippen LogP contribution in [0.4, 0.5) is 36.7 Å². The average molecular weight is 781 g/mol. The van der Waals surface area contributed by atoms with E-state index in [-0.39, 0.29) is 53.6 Å². The number of halogens is 5. The van der Waals surface area contributed by atoms with Crippen LogP contribution in [-0.4, -0.2) is 105 Å². The number of anilines is 1. The molecule has 3 atom stereocenters. The molecule has 7 rings (SSSR count). The number of benzene rings is 2.